The van der Waals surface area contributed by atoms with E-state index >= 15 is 0 Å². The number of nitrogens with zero attached hydrogens (tertiary/aromatic N) is 2. The predicted molar refractivity (Wildman–Crippen MR) is 67.2 cm³/mol. The van der Waals surface area contributed by atoms with Crippen LogP contribution in [0.5, 0.6) is 11.6 Å². The molecule has 0 amide bonds. The summed E-state index contributed by atoms with van der Waals surface area (Å²) in [6.45, 7) is 0. The van der Waals surface area contributed by atoms with Gasteiger partial charge in [-0.25, -0.2) is 14.4 Å². The van der Waals surface area contributed by atoms with Crippen molar-refractivity contribution in [3.8, 4) is 11.6 Å². The summed E-state index contributed by atoms with van der Waals surface area (Å²) in [5.41, 5.74) is 5.49. The molecule has 0 saturated carbocycles. The van der Waals surface area contributed by atoms with Gasteiger partial charge in [0.1, 0.15) is 23.1 Å². The molecule has 5 nitrogen and oxygen atoms in total. The smallest absolute Gasteiger partial charge is 0.237 e. The van der Waals surface area contributed by atoms with Crippen LogP contribution in [0.1, 0.15) is 5.69 Å². The topological polar surface area (TPSA) is 84.9 Å². The maximum absolute atomic E-state index is 13.2. The van der Waals surface area contributed by atoms with Gasteiger partial charge in [-0.05, 0) is 28.1 Å². The van der Waals surface area contributed by atoms with Crippen molar-refractivity contribution in [2.75, 3.05) is 0 Å². The van der Waals surface area contributed by atoms with Crippen LogP contribution in [0, 0.1) is 11.2 Å². The number of aromatic nitrogens is 2. The van der Waals surface area contributed by atoms with Crippen molar-refractivity contribution >= 4 is 21.8 Å². The van der Waals surface area contributed by atoms with Crippen LogP contribution >= 0.6 is 15.9 Å². The molecule has 1 aromatic heterocycles. The van der Waals surface area contributed by atoms with E-state index in [4.69, 9.17) is 15.9 Å². The Labute approximate surface area is 110 Å². The van der Waals surface area contributed by atoms with E-state index in [1.807, 2.05) is 0 Å². The van der Waals surface area contributed by atoms with Crippen molar-refractivity contribution in [2.45, 2.75) is 0 Å². The second-order valence-electron chi connectivity index (χ2n) is 3.33. The van der Waals surface area contributed by atoms with E-state index < -0.39 is 5.82 Å². The number of nitrogens with one attached hydrogen (secondary N) is 1. The monoisotopic (exact) mass is 310 g/mol. The molecular weight excluding hydrogens is 303 g/mol. The number of halogens is 2. The molecule has 0 unspecified atom stereocenters. The molecule has 92 valence electrons. The van der Waals surface area contributed by atoms with Crippen LogP contribution in [-0.2, 0) is 0 Å². The summed E-state index contributed by atoms with van der Waals surface area (Å²) in [5, 5.41) is 7.16. The molecule has 1 aromatic carbocycles. The second-order valence-corrected chi connectivity index (χ2v) is 4.19. The van der Waals surface area contributed by atoms with Gasteiger partial charge in [-0.15, -0.1) is 0 Å². The minimum atomic E-state index is -0.430. The Kier molecular flexibility index (Phi) is 3.52. The standard InChI is InChI=1S/C11H8BrFN4O/c12-7-2-1-6(3-8(7)13)18-10-5-16-9(4-17-10)11(14)15/h1-5H,(H3,14,15). The number of hydrogen-bond donors (Lipinski definition) is 2. The van der Waals surface area contributed by atoms with Crippen LogP contribution in [0.3, 0.4) is 0 Å². The first-order valence-corrected chi connectivity index (χ1v) is 5.65. The molecule has 7 heteroatoms. The van der Waals surface area contributed by atoms with Crippen LogP contribution in [0.25, 0.3) is 0 Å². The quantitative estimate of drug-likeness (QED) is 0.673. The van der Waals surface area contributed by atoms with E-state index in [2.05, 4.69) is 25.9 Å². The van der Waals surface area contributed by atoms with Crippen LogP contribution < -0.4 is 10.5 Å². The third-order valence-electron chi connectivity index (χ3n) is 2.02. The fourth-order valence-electron chi connectivity index (χ4n) is 1.17. The average Bonchev–Trinajstić information content (AvgIpc) is 2.34. The Morgan fingerprint density at radius 2 is 2.11 bits per heavy atom. The fourth-order valence-corrected chi connectivity index (χ4v) is 1.42. The van der Waals surface area contributed by atoms with Gasteiger partial charge in [0.25, 0.3) is 0 Å². The SMILES string of the molecule is N=C(N)c1cnc(Oc2ccc(Br)c(F)c2)cn1. The Morgan fingerprint density at radius 1 is 1.33 bits per heavy atom. The molecule has 0 atom stereocenters. The van der Waals surface area contributed by atoms with Crippen molar-refractivity contribution in [1.82, 2.24) is 9.97 Å². The van der Waals surface area contributed by atoms with Gasteiger partial charge in [-0.1, -0.05) is 0 Å². The van der Waals surface area contributed by atoms with E-state index in [9.17, 15) is 4.39 Å². The number of ether oxygens (including phenoxy) is 1. The molecule has 2 rings (SSSR count). The summed E-state index contributed by atoms with van der Waals surface area (Å²) in [6.07, 6.45) is 2.63. The van der Waals surface area contributed by atoms with Gasteiger partial charge in [0, 0.05) is 6.07 Å². The fraction of sp³-hybridized carbons (Fsp3) is 0. The number of hydrogen-bond acceptors (Lipinski definition) is 4. The number of benzene rings is 1. The van der Waals surface area contributed by atoms with E-state index in [0.29, 0.717) is 10.2 Å². The predicted octanol–water partition coefficient (Wildman–Crippen LogP) is 2.45. The lowest BCUT2D eigenvalue weighted by atomic mass is 10.3. The van der Waals surface area contributed by atoms with Gasteiger partial charge >= 0.3 is 0 Å². The number of nitrogens with two attached hydrogens (primary N) is 1. The third kappa shape index (κ3) is 2.80. The number of nitrogen functional groups attached to an aromatic ring is 1. The first kappa shape index (κ1) is 12.4. The first-order chi connectivity index (χ1) is 8.56. The first-order valence-electron chi connectivity index (χ1n) is 4.85. The molecule has 0 aliphatic rings. The molecule has 1 heterocycles. The number of amidine groups is 1. The maximum atomic E-state index is 13.2. The summed E-state index contributed by atoms with van der Waals surface area (Å²) < 4.78 is 18.9. The highest BCUT2D eigenvalue weighted by molar-refractivity contribution is 9.10. The summed E-state index contributed by atoms with van der Waals surface area (Å²) in [5.74, 6) is -0.105. The lowest BCUT2D eigenvalue weighted by Gasteiger charge is -2.05. The summed E-state index contributed by atoms with van der Waals surface area (Å²) in [7, 11) is 0. The highest BCUT2D eigenvalue weighted by Crippen LogP contribution is 2.24. The van der Waals surface area contributed by atoms with Gasteiger partial charge in [-0.2, -0.15) is 0 Å². The average molecular weight is 311 g/mol. The Hall–Kier alpha value is -2.02. The van der Waals surface area contributed by atoms with Gasteiger partial charge in [0.15, 0.2) is 0 Å². The van der Waals surface area contributed by atoms with Crippen LogP contribution in [0.15, 0.2) is 35.1 Å². The van der Waals surface area contributed by atoms with Gasteiger partial charge in [0.2, 0.25) is 5.88 Å². The number of rotatable bonds is 3. The zero-order chi connectivity index (χ0) is 13.1. The van der Waals surface area contributed by atoms with Crippen LogP contribution in [-0.4, -0.2) is 15.8 Å². The van der Waals surface area contributed by atoms with Crippen LogP contribution in [0.2, 0.25) is 0 Å². The van der Waals surface area contributed by atoms with Crippen molar-refractivity contribution in [3.63, 3.8) is 0 Å². The van der Waals surface area contributed by atoms with Gasteiger partial charge in [0.05, 0.1) is 16.9 Å². The van der Waals surface area contributed by atoms with Gasteiger partial charge in [-0.3, -0.25) is 5.41 Å². The summed E-state index contributed by atoms with van der Waals surface area (Å²) in [4.78, 5) is 7.78. The highest BCUT2D eigenvalue weighted by Gasteiger charge is 2.05. The Bertz CT molecular complexity index is 588. The Balaban J connectivity index is 2.18. The molecule has 0 aliphatic carbocycles. The van der Waals surface area contributed by atoms with Crippen molar-refractivity contribution < 1.29 is 9.13 Å². The molecule has 2 aromatic rings. The molecule has 0 fully saturated rings. The molecule has 0 spiro atoms. The zero-order valence-corrected chi connectivity index (χ0v) is 10.6. The summed E-state index contributed by atoms with van der Waals surface area (Å²) in [6, 6.07) is 4.35. The molecule has 0 radical (unpaired) electrons. The molecule has 3 N–H and O–H groups in total. The van der Waals surface area contributed by atoms with Crippen molar-refractivity contribution in [2.24, 2.45) is 5.73 Å². The molecular formula is C11H8BrFN4O. The largest absolute Gasteiger partial charge is 0.437 e. The van der Waals surface area contributed by atoms with E-state index in [-0.39, 0.29) is 17.4 Å². The summed E-state index contributed by atoms with van der Waals surface area (Å²) >= 11 is 3.04. The molecule has 0 saturated heterocycles. The zero-order valence-electron chi connectivity index (χ0n) is 9.02. The maximum Gasteiger partial charge on any atom is 0.237 e. The lowest BCUT2D eigenvalue weighted by Crippen LogP contribution is -2.13. The van der Waals surface area contributed by atoms with Crippen LogP contribution in [0.4, 0.5) is 4.39 Å². The van der Waals surface area contributed by atoms with Crippen molar-refractivity contribution in [3.05, 3.63) is 46.6 Å². The van der Waals surface area contributed by atoms with Crippen molar-refractivity contribution in [1.29, 1.82) is 5.41 Å². The van der Waals surface area contributed by atoms with Gasteiger partial charge < -0.3 is 10.5 Å². The second kappa shape index (κ2) is 5.09. The highest BCUT2D eigenvalue weighted by atomic mass is 79.9. The molecule has 0 bridgehead atoms. The van der Waals surface area contributed by atoms with E-state index in [1.54, 1.807) is 6.07 Å². The third-order valence-corrected chi connectivity index (χ3v) is 2.66. The molecule has 18 heavy (non-hydrogen) atoms. The minimum Gasteiger partial charge on any atom is -0.437 e. The lowest BCUT2D eigenvalue weighted by molar-refractivity contribution is 0.455. The van der Waals surface area contributed by atoms with E-state index in [1.165, 1.54) is 24.5 Å². The minimum absolute atomic E-state index is 0.177. The van der Waals surface area contributed by atoms with E-state index in [0.717, 1.165) is 0 Å². The normalized spacial score (nSPS) is 10.1. The molecule has 0 aliphatic heterocycles. The Morgan fingerprint density at radius 3 is 2.67 bits per heavy atom.